The van der Waals surface area contributed by atoms with E-state index in [2.05, 4.69) is 10.3 Å². The predicted octanol–water partition coefficient (Wildman–Crippen LogP) is 4.05. The summed E-state index contributed by atoms with van der Waals surface area (Å²) in [5.74, 6) is 0.900. The lowest BCUT2D eigenvalue weighted by atomic mass is 10.1. The van der Waals surface area contributed by atoms with Gasteiger partial charge in [0.05, 0.1) is 0 Å². The third kappa shape index (κ3) is 4.30. The first-order chi connectivity index (χ1) is 15.0. The fraction of sp³-hybridized carbons (Fsp3) is 0.292. The van der Waals surface area contributed by atoms with Gasteiger partial charge in [-0.3, -0.25) is 9.59 Å². The van der Waals surface area contributed by atoms with Gasteiger partial charge in [0, 0.05) is 35.9 Å². The van der Waals surface area contributed by atoms with Crippen molar-refractivity contribution in [1.82, 2.24) is 4.98 Å². The number of carbonyl (C=O) groups excluding carboxylic acids is 2. The van der Waals surface area contributed by atoms with Crippen molar-refractivity contribution in [2.75, 3.05) is 22.5 Å². The summed E-state index contributed by atoms with van der Waals surface area (Å²) in [6, 6.07) is 13.0. The van der Waals surface area contributed by atoms with Gasteiger partial charge in [0.25, 0.3) is 5.91 Å². The number of ether oxygens (including phenoxy) is 1. The van der Waals surface area contributed by atoms with Gasteiger partial charge in [0.1, 0.15) is 11.6 Å². The second-order valence-corrected chi connectivity index (χ2v) is 7.73. The number of aromatic nitrogens is 1. The van der Waals surface area contributed by atoms with Crippen LogP contribution in [0.15, 0.2) is 48.7 Å². The Bertz CT molecular complexity index is 1140. The zero-order valence-corrected chi connectivity index (χ0v) is 17.7. The Hall–Kier alpha value is -3.61. The van der Waals surface area contributed by atoms with Crippen LogP contribution in [0.3, 0.4) is 0 Å². The van der Waals surface area contributed by atoms with Crippen LogP contribution in [0.2, 0.25) is 0 Å². The number of hydrogen-bond acceptors (Lipinski definition) is 5. The molecule has 0 saturated carbocycles. The van der Waals surface area contributed by atoms with Crippen LogP contribution in [0.4, 0.5) is 17.2 Å². The third-order valence-corrected chi connectivity index (χ3v) is 5.54. The highest BCUT2D eigenvalue weighted by molar-refractivity contribution is 5.98. The van der Waals surface area contributed by atoms with Gasteiger partial charge in [-0.25, -0.2) is 4.98 Å². The smallest absolute Gasteiger partial charge is 0.265 e. The van der Waals surface area contributed by atoms with Crippen molar-refractivity contribution in [3.05, 3.63) is 54.2 Å². The fourth-order valence-corrected chi connectivity index (χ4v) is 3.89. The highest BCUT2D eigenvalue weighted by Gasteiger charge is 2.24. The number of nitrogens with zero attached hydrogens (tertiary/aromatic N) is 2. The van der Waals surface area contributed by atoms with Crippen molar-refractivity contribution in [2.24, 2.45) is 0 Å². The summed E-state index contributed by atoms with van der Waals surface area (Å²) in [6.07, 6.45) is 2.97. The summed E-state index contributed by atoms with van der Waals surface area (Å²) >= 11 is 0. The molecule has 2 heterocycles. The lowest BCUT2D eigenvalue weighted by molar-refractivity contribution is -0.122. The Morgan fingerprint density at radius 2 is 2.10 bits per heavy atom. The summed E-state index contributed by atoms with van der Waals surface area (Å²) in [6.45, 7) is 4.58. The molecule has 0 radical (unpaired) electrons. The van der Waals surface area contributed by atoms with Gasteiger partial charge in [-0.05, 0) is 67.1 Å². The summed E-state index contributed by atoms with van der Waals surface area (Å²) < 4.78 is 5.96. The Morgan fingerprint density at radius 1 is 1.26 bits per heavy atom. The molecule has 31 heavy (non-hydrogen) atoms. The molecule has 0 spiro atoms. The SMILES string of the molecule is CCC(Oc1ccc2ccnc(N)c2c1)C(=O)Nc1ccc(N2CCCC2=O)c(C)c1. The number of nitrogens with two attached hydrogens (primary N) is 1. The average Bonchev–Trinajstić information content (AvgIpc) is 3.18. The largest absolute Gasteiger partial charge is 0.481 e. The molecule has 160 valence electrons. The van der Waals surface area contributed by atoms with Gasteiger partial charge in [0.2, 0.25) is 5.91 Å². The molecular weight excluding hydrogens is 392 g/mol. The molecule has 0 aliphatic carbocycles. The van der Waals surface area contributed by atoms with Crippen molar-refractivity contribution in [3.63, 3.8) is 0 Å². The molecule has 1 atom stereocenters. The molecule has 1 aromatic heterocycles. The molecule has 4 rings (SSSR count). The molecule has 7 nitrogen and oxygen atoms in total. The third-order valence-electron chi connectivity index (χ3n) is 5.54. The molecule has 1 fully saturated rings. The number of nitrogens with one attached hydrogen (secondary N) is 1. The minimum Gasteiger partial charge on any atom is -0.481 e. The van der Waals surface area contributed by atoms with E-state index in [0.717, 1.165) is 35.0 Å². The van der Waals surface area contributed by atoms with Gasteiger partial charge >= 0.3 is 0 Å². The number of hydrogen-bond donors (Lipinski definition) is 2. The van der Waals surface area contributed by atoms with Crippen LogP contribution >= 0.6 is 0 Å². The Kier molecular flexibility index (Phi) is 5.75. The van der Waals surface area contributed by atoms with Gasteiger partial charge in [-0.2, -0.15) is 0 Å². The zero-order chi connectivity index (χ0) is 22.0. The molecule has 0 bridgehead atoms. The lowest BCUT2D eigenvalue weighted by Crippen LogP contribution is -2.32. The highest BCUT2D eigenvalue weighted by Crippen LogP contribution is 2.28. The lowest BCUT2D eigenvalue weighted by Gasteiger charge is -2.20. The average molecular weight is 418 g/mol. The van der Waals surface area contributed by atoms with Crippen LogP contribution in [0.25, 0.3) is 10.8 Å². The first-order valence-corrected chi connectivity index (χ1v) is 10.5. The number of pyridine rings is 1. The van der Waals surface area contributed by atoms with E-state index in [4.69, 9.17) is 10.5 Å². The number of rotatable bonds is 6. The fourth-order valence-electron chi connectivity index (χ4n) is 3.89. The normalized spacial score (nSPS) is 14.6. The second kappa shape index (κ2) is 8.63. The van der Waals surface area contributed by atoms with Crippen molar-refractivity contribution < 1.29 is 14.3 Å². The zero-order valence-electron chi connectivity index (χ0n) is 17.7. The standard InChI is InChI=1S/C24H26N4O3/c1-3-21(31-18-8-6-16-10-11-26-23(25)19(16)14-18)24(30)27-17-7-9-20(15(2)13-17)28-12-4-5-22(28)29/h6-11,13-14,21H,3-5,12H2,1-2H3,(H2,25,26)(H,27,30). The quantitative estimate of drug-likeness (QED) is 0.629. The summed E-state index contributed by atoms with van der Waals surface area (Å²) in [5.41, 5.74) is 8.47. The number of carbonyl (C=O) groups is 2. The van der Waals surface area contributed by atoms with Crippen molar-refractivity contribution in [1.29, 1.82) is 0 Å². The van der Waals surface area contributed by atoms with E-state index >= 15 is 0 Å². The van der Waals surface area contributed by atoms with Gasteiger partial charge < -0.3 is 20.7 Å². The van der Waals surface area contributed by atoms with E-state index in [1.165, 1.54) is 0 Å². The number of amides is 2. The number of benzene rings is 2. The van der Waals surface area contributed by atoms with E-state index in [-0.39, 0.29) is 11.8 Å². The molecule has 1 aliphatic heterocycles. The highest BCUT2D eigenvalue weighted by atomic mass is 16.5. The van der Waals surface area contributed by atoms with Crippen LogP contribution in [0, 0.1) is 6.92 Å². The van der Waals surface area contributed by atoms with E-state index in [0.29, 0.717) is 30.1 Å². The maximum atomic E-state index is 12.8. The van der Waals surface area contributed by atoms with Crippen molar-refractivity contribution in [2.45, 2.75) is 39.2 Å². The first kappa shape index (κ1) is 20.7. The maximum Gasteiger partial charge on any atom is 0.265 e. The van der Waals surface area contributed by atoms with Gasteiger partial charge in [-0.1, -0.05) is 13.0 Å². The monoisotopic (exact) mass is 418 g/mol. The molecule has 7 heteroatoms. The molecule has 2 amide bonds. The molecule has 1 saturated heterocycles. The van der Waals surface area contributed by atoms with E-state index < -0.39 is 6.10 Å². The Morgan fingerprint density at radius 3 is 2.81 bits per heavy atom. The topological polar surface area (TPSA) is 97.6 Å². The van der Waals surface area contributed by atoms with Gasteiger partial charge in [-0.15, -0.1) is 0 Å². The molecule has 2 aromatic carbocycles. The Balaban J connectivity index is 1.47. The molecular formula is C24H26N4O3. The first-order valence-electron chi connectivity index (χ1n) is 10.5. The second-order valence-electron chi connectivity index (χ2n) is 7.73. The maximum absolute atomic E-state index is 12.8. The van der Waals surface area contributed by atoms with E-state index in [1.807, 2.05) is 50.2 Å². The molecule has 1 aliphatic rings. The summed E-state index contributed by atoms with van der Waals surface area (Å²) in [5, 5.41) is 4.68. The predicted molar refractivity (Wildman–Crippen MR) is 122 cm³/mol. The summed E-state index contributed by atoms with van der Waals surface area (Å²) in [4.78, 5) is 30.8. The minimum atomic E-state index is -0.657. The summed E-state index contributed by atoms with van der Waals surface area (Å²) in [7, 11) is 0. The van der Waals surface area contributed by atoms with Crippen molar-refractivity contribution in [3.8, 4) is 5.75 Å². The molecule has 3 N–H and O–H groups in total. The van der Waals surface area contributed by atoms with E-state index in [1.54, 1.807) is 17.2 Å². The number of anilines is 3. The van der Waals surface area contributed by atoms with Gasteiger partial charge in [0.15, 0.2) is 6.10 Å². The molecule has 3 aromatic rings. The Labute approximate surface area is 181 Å². The molecule has 1 unspecified atom stereocenters. The van der Waals surface area contributed by atoms with E-state index in [9.17, 15) is 9.59 Å². The number of nitrogen functional groups attached to an aromatic ring is 1. The van der Waals surface area contributed by atoms with Crippen LogP contribution in [-0.4, -0.2) is 29.4 Å². The number of aryl methyl sites for hydroxylation is 1. The van der Waals surface area contributed by atoms with Crippen LogP contribution in [-0.2, 0) is 9.59 Å². The van der Waals surface area contributed by atoms with Crippen LogP contribution in [0.5, 0.6) is 5.75 Å². The minimum absolute atomic E-state index is 0.144. The van der Waals surface area contributed by atoms with Crippen LogP contribution < -0.4 is 20.7 Å². The van der Waals surface area contributed by atoms with Crippen molar-refractivity contribution >= 4 is 39.8 Å². The number of fused-ring (bicyclic) bond motifs is 1. The van der Waals surface area contributed by atoms with Crippen LogP contribution in [0.1, 0.15) is 31.7 Å².